The number of aryl methyl sites for hydroxylation is 1. The minimum atomic E-state index is -0.652. The van der Waals surface area contributed by atoms with Gasteiger partial charge in [0.25, 0.3) is 5.19 Å². The average molecular weight is 400 g/mol. The van der Waals surface area contributed by atoms with Crippen LogP contribution in [-0.4, -0.2) is 21.8 Å². The van der Waals surface area contributed by atoms with Gasteiger partial charge in [-0.25, -0.2) is 4.98 Å². The summed E-state index contributed by atoms with van der Waals surface area (Å²) < 4.78 is 12.8. The number of hydrogen-bond acceptors (Lipinski definition) is 5. The topological polar surface area (TPSA) is 51.6 Å². The van der Waals surface area contributed by atoms with Crippen molar-refractivity contribution in [2.45, 2.75) is 65.8 Å². The van der Waals surface area contributed by atoms with Gasteiger partial charge in [-0.2, -0.15) is 0 Å². The van der Waals surface area contributed by atoms with Crippen LogP contribution in [0.4, 0.5) is 0 Å². The largest absolute Gasteiger partial charge is 0.488 e. The fraction of sp³-hybridized carbons (Fsp3) is 0.435. The van der Waals surface area contributed by atoms with Gasteiger partial charge in [-0.1, -0.05) is 41.2 Å². The average Bonchev–Trinajstić information content (AvgIpc) is 2.95. The van der Waals surface area contributed by atoms with Crippen LogP contribution in [0, 0.1) is 6.92 Å². The van der Waals surface area contributed by atoms with Crippen molar-refractivity contribution in [3.05, 3.63) is 53.1 Å². The van der Waals surface area contributed by atoms with E-state index < -0.39 is 6.10 Å². The lowest BCUT2D eigenvalue weighted by Crippen LogP contribution is -2.23. The predicted octanol–water partition coefficient (Wildman–Crippen LogP) is 5.85. The SMILES string of the molecule is Cc1ccc(C[C@@H](O)c2cc(OC(C)(C)C)cc3nc(OC(C)C)sc23)cc1. The first-order chi connectivity index (χ1) is 13.1. The predicted molar refractivity (Wildman–Crippen MR) is 116 cm³/mol. The summed E-state index contributed by atoms with van der Waals surface area (Å²) in [5, 5.41) is 11.7. The Morgan fingerprint density at radius 1 is 1.11 bits per heavy atom. The Hall–Kier alpha value is -2.11. The van der Waals surface area contributed by atoms with Crippen molar-refractivity contribution in [3.8, 4) is 10.9 Å². The highest BCUT2D eigenvalue weighted by atomic mass is 32.1. The quantitative estimate of drug-likeness (QED) is 0.565. The van der Waals surface area contributed by atoms with Crippen molar-refractivity contribution >= 4 is 21.6 Å². The zero-order valence-corrected chi connectivity index (χ0v) is 18.3. The van der Waals surface area contributed by atoms with Crippen LogP contribution in [0.3, 0.4) is 0 Å². The molecule has 0 saturated carbocycles. The standard InChI is InChI=1S/C23H29NO3S/c1-14(2)26-22-24-19-13-17(27-23(4,5)6)12-18(21(19)28-22)20(25)11-16-9-7-15(3)8-10-16/h7-10,12-14,20,25H,11H2,1-6H3/t20-/m1/s1. The number of rotatable bonds is 6. The zero-order valence-electron chi connectivity index (χ0n) is 17.4. The number of nitrogens with zero attached hydrogens (tertiary/aromatic N) is 1. The molecule has 2 aromatic carbocycles. The molecule has 1 atom stereocenters. The van der Waals surface area contributed by atoms with E-state index in [1.54, 1.807) is 0 Å². The molecule has 0 fully saturated rings. The summed E-state index contributed by atoms with van der Waals surface area (Å²) in [6.45, 7) is 12.0. The van der Waals surface area contributed by atoms with Gasteiger partial charge in [-0.3, -0.25) is 0 Å². The third kappa shape index (κ3) is 5.24. The minimum Gasteiger partial charge on any atom is -0.488 e. The highest BCUT2D eigenvalue weighted by Crippen LogP contribution is 2.38. The summed E-state index contributed by atoms with van der Waals surface area (Å²) in [6.07, 6.45) is -0.0695. The summed E-state index contributed by atoms with van der Waals surface area (Å²) in [5.41, 5.74) is 3.59. The number of fused-ring (bicyclic) bond motifs is 1. The van der Waals surface area contributed by atoms with Gasteiger partial charge in [-0.15, -0.1) is 0 Å². The zero-order chi connectivity index (χ0) is 20.5. The first-order valence-corrected chi connectivity index (χ1v) is 10.5. The van der Waals surface area contributed by atoms with Crippen molar-refractivity contribution in [2.75, 3.05) is 0 Å². The van der Waals surface area contributed by atoms with Crippen LogP contribution in [0.2, 0.25) is 0 Å². The number of hydrogen-bond donors (Lipinski definition) is 1. The van der Waals surface area contributed by atoms with E-state index in [0.29, 0.717) is 17.4 Å². The van der Waals surface area contributed by atoms with Crippen LogP contribution in [0.5, 0.6) is 10.9 Å². The van der Waals surface area contributed by atoms with Gasteiger partial charge in [-0.05, 0) is 53.2 Å². The lowest BCUT2D eigenvalue weighted by atomic mass is 10.00. The summed E-state index contributed by atoms with van der Waals surface area (Å²) in [5.74, 6) is 0.708. The first kappa shape index (κ1) is 20.6. The smallest absolute Gasteiger partial charge is 0.274 e. The van der Waals surface area contributed by atoms with Crippen molar-refractivity contribution < 1.29 is 14.6 Å². The second-order valence-corrected chi connectivity index (χ2v) is 9.39. The highest BCUT2D eigenvalue weighted by molar-refractivity contribution is 7.20. The third-order valence-electron chi connectivity index (χ3n) is 4.14. The van der Waals surface area contributed by atoms with Crippen LogP contribution in [-0.2, 0) is 6.42 Å². The molecule has 3 aromatic rings. The molecule has 5 heteroatoms. The molecule has 0 aliphatic carbocycles. The Labute approximate surface area is 171 Å². The van der Waals surface area contributed by atoms with Gasteiger partial charge in [0.2, 0.25) is 0 Å². The van der Waals surface area contributed by atoms with Crippen molar-refractivity contribution in [2.24, 2.45) is 0 Å². The molecule has 0 radical (unpaired) electrons. The van der Waals surface area contributed by atoms with E-state index in [9.17, 15) is 5.11 Å². The third-order valence-corrected chi connectivity index (χ3v) is 5.15. The Balaban J connectivity index is 2.00. The number of thiazole rings is 1. The molecular formula is C23H29NO3S. The van der Waals surface area contributed by atoms with Gasteiger partial charge < -0.3 is 14.6 Å². The number of benzene rings is 2. The molecule has 4 nitrogen and oxygen atoms in total. The minimum absolute atomic E-state index is 0.0480. The fourth-order valence-corrected chi connectivity index (χ4v) is 4.06. The van der Waals surface area contributed by atoms with Crippen LogP contribution >= 0.6 is 11.3 Å². The van der Waals surface area contributed by atoms with Crippen LogP contribution in [0.25, 0.3) is 10.2 Å². The molecule has 0 aliphatic rings. The lowest BCUT2D eigenvalue weighted by Gasteiger charge is -2.22. The molecule has 0 unspecified atom stereocenters. The monoisotopic (exact) mass is 399 g/mol. The molecule has 0 saturated heterocycles. The van der Waals surface area contributed by atoms with Crippen LogP contribution < -0.4 is 9.47 Å². The van der Waals surface area contributed by atoms with Crippen molar-refractivity contribution in [1.82, 2.24) is 4.98 Å². The number of aliphatic hydroxyl groups excluding tert-OH is 1. The van der Waals surface area contributed by atoms with Crippen molar-refractivity contribution in [1.29, 1.82) is 0 Å². The van der Waals surface area contributed by atoms with E-state index in [2.05, 4.69) is 36.2 Å². The van der Waals surface area contributed by atoms with Gasteiger partial charge in [0.1, 0.15) is 11.4 Å². The maximum Gasteiger partial charge on any atom is 0.274 e. The Bertz CT molecular complexity index is 939. The number of aliphatic hydroxyl groups is 1. The summed E-state index contributed by atoms with van der Waals surface area (Å²) in [7, 11) is 0. The maximum absolute atomic E-state index is 11.0. The fourth-order valence-electron chi connectivity index (χ4n) is 2.98. The van der Waals surface area contributed by atoms with E-state index in [1.807, 2.05) is 46.8 Å². The van der Waals surface area contributed by atoms with Gasteiger partial charge in [0, 0.05) is 18.1 Å². The van der Waals surface area contributed by atoms with Gasteiger partial charge in [0.05, 0.1) is 22.4 Å². The number of aromatic nitrogens is 1. The molecule has 0 spiro atoms. The molecule has 0 bridgehead atoms. The second kappa shape index (κ2) is 8.10. The first-order valence-electron chi connectivity index (χ1n) is 9.64. The van der Waals surface area contributed by atoms with Crippen LogP contribution in [0.15, 0.2) is 36.4 Å². The Morgan fingerprint density at radius 2 is 1.79 bits per heavy atom. The van der Waals surface area contributed by atoms with E-state index in [0.717, 1.165) is 21.3 Å². The molecule has 1 heterocycles. The van der Waals surface area contributed by atoms with E-state index in [4.69, 9.17) is 9.47 Å². The summed E-state index contributed by atoms with van der Waals surface area (Å²) in [4.78, 5) is 4.61. The molecule has 1 aromatic heterocycles. The van der Waals surface area contributed by atoms with Crippen molar-refractivity contribution in [3.63, 3.8) is 0 Å². The molecule has 28 heavy (non-hydrogen) atoms. The molecule has 150 valence electrons. The Morgan fingerprint density at radius 3 is 2.39 bits per heavy atom. The maximum atomic E-state index is 11.0. The molecule has 3 rings (SSSR count). The van der Waals surface area contributed by atoms with Gasteiger partial charge in [0.15, 0.2) is 0 Å². The summed E-state index contributed by atoms with van der Waals surface area (Å²) in [6, 6.07) is 12.1. The van der Waals surface area contributed by atoms with E-state index in [-0.39, 0.29) is 11.7 Å². The van der Waals surface area contributed by atoms with Gasteiger partial charge >= 0.3 is 0 Å². The molecule has 0 amide bonds. The normalized spacial score (nSPS) is 13.1. The lowest BCUT2D eigenvalue weighted by molar-refractivity contribution is 0.129. The van der Waals surface area contributed by atoms with Crippen LogP contribution in [0.1, 0.15) is 57.4 Å². The highest BCUT2D eigenvalue weighted by Gasteiger charge is 2.21. The van der Waals surface area contributed by atoms with E-state index >= 15 is 0 Å². The Kier molecular flexibility index (Phi) is 5.96. The number of ether oxygens (including phenoxy) is 2. The molecule has 1 N–H and O–H groups in total. The molecular weight excluding hydrogens is 370 g/mol. The van der Waals surface area contributed by atoms with E-state index in [1.165, 1.54) is 16.9 Å². The molecule has 0 aliphatic heterocycles. The summed E-state index contributed by atoms with van der Waals surface area (Å²) >= 11 is 1.47. The second-order valence-electron chi connectivity index (χ2n) is 8.43.